The lowest BCUT2D eigenvalue weighted by molar-refractivity contribution is -0.120. The third kappa shape index (κ3) is 2.98. The Bertz CT molecular complexity index is 826. The Hall–Kier alpha value is -2.69. The summed E-state index contributed by atoms with van der Waals surface area (Å²) in [6.45, 7) is 0.347. The topological polar surface area (TPSA) is 46.9 Å². The second-order valence-corrected chi connectivity index (χ2v) is 5.16. The van der Waals surface area contributed by atoms with Gasteiger partial charge in [0.1, 0.15) is 11.6 Å². The number of fused-ring (bicyclic) bond motifs is 1. The van der Waals surface area contributed by atoms with E-state index < -0.39 is 0 Å². The molecule has 3 aromatic rings. The number of aryl methyl sites for hydroxylation is 1. The number of carbonyl (C=O) groups is 1. The average molecular weight is 297 g/mol. The van der Waals surface area contributed by atoms with Gasteiger partial charge in [-0.3, -0.25) is 4.79 Å². The van der Waals surface area contributed by atoms with Gasteiger partial charge < -0.3 is 9.88 Å². The molecule has 4 nitrogen and oxygen atoms in total. The van der Waals surface area contributed by atoms with Crippen molar-refractivity contribution in [2.45, 2.75) is 13.0 Å². The van der Waals surface area contributed by atoms with Crippen molar-refractivity contribution in [1.29, 1.82) is 0 Å². The zero-order chi connectivity index (χ0) is 15.5. The van der Waals surface area contributed by atoms with Gasteiger partial charge in [-0.25, -0.2) is 9.37 Å². The number of hydrogen-bond donors (Lipinski definition) is 1. The number of benzene rings is 2. The first kappa shape index (κ1) is 14.3. The van der Waals surface area contributed by atoms with Gasteiger partial charge in [0.15, 0.2) is 0 Å². The highest BCUT2D eigenvalue weighted by Crippen LogP contribution is 2.14. The van der Waals surface area contributed by atoms with Crippen LogP contribution in [0.25, 0.3) is 11.0 Å². The van der Waals surface area contributed by atoms with Crippen LogP contribution < -0.4 is 5.32 Å². The van der Waals surface area contributed by atoms with Crippen LogP contribution in [0.4, 0.5) is 4.39 Å². The molecule has 3 rings (SSSR count). The van der Waals surface area contributed by atoms with Crippen molar-refractivity contribution < 1.29 is 9.18 Å². The molecule has 0 aliphatic rings. The summed E-state index contributed by atoms with van der Waals surface area (Å²) in [7, 11) is 1.92. The molecule has 0 fully saturated rings. The van der Waals surface area contributed by atoms with Crippen molar-refractivity contribution >= 4 is 16.9 Å². The fourth-order valence-electron chi connectivity index (χ4n) is 2.43. The summed E-state index contributed by atoms with van der Waals surface area (Å²) in [5.41, 5.74) is 2.58. The van der Waals surface area contributed by atoms with Gasteiger partial charge in [0.25, 0.3) is 0 Å². The highest BCUT2D eigenvalue weighted by Gasteiger charge is 2.09. The molecular weight excluding hydrogens is 281 g/mol. The molecule has 0 saturated heterocycles. The second-order valence-electron chi connectivity index (χ2n) is 5.16. The zero-order valence-corrected chi connectivity index (χ0v) is 12.2. The fraction of sp³-hybridized carbons (Fsp3) is 0.176. The van der Waals surface area contributed by atoms with E-state index in [4.69, 9.17) is 0 Å². The molecule has 1 heterocycles. The van der Waals surface area contributed by atoms with Crippen LogP contribution >= 0.6 is 0 Å². The molecule has 0 atom stereocenters. The van der Waals surface area contributed by atoms with Gasteiger partial charge in [0.2, 0.25) is 5.91 Å². The maximum absolute atomic E-state index is 13.1. The van der Waals surface area contributed by atoms with Crippen molar-refractivity contribution in [3.05, 3.63) is 65.7 Å². The third-order valence-electron chi connectivity index (χ3n) is 3.58. The van der Waals surface area contributed by atoms with Gasteiger partial charge in [-0.05, 0) is 29.8 Å². The monoisotopic (exact) mass is 297 g/mol. The van der Waals surface area contributed by atoms with Crippen LogP contribution in [0.3, 0.4) is 0 Å². The molecule has 22 heavy (non-hydrogen) atoms. The molecule has 0 unspecified atom stereocenters. The summed E-state index contributed by atoms with van der Waals surface area (Å²) < 4.78 is 15.1. The van der Waals surface area contributed by atoms with E-state index in [2.05, 4.69) is 10.3 Å². The van der Waals surface area contributed by atoms with Crippen molar-refractivity contribution in [3.8, 4) is 0 Å². The van der Waals surface area contributed by atoms with Gasteiger partial charge in [-0.15, -0.1) is 0 Å². The molecule has 1 aromatic heterocycles. The minimum Gasteiger partial charge on any atom is -0.349 e. The van der Waals surface area contributed by atoms with Gasteiger partial charge in [-0.1, -0.05) is 24.3 Å². The number of nitrogens with zero attached hydrogens (tertiary/aromatic N) is 2. The van der Waals surface area contributed by atoms with Gasteiger partial charge in [0.05, 0.1) is 24.0 Å². The summed E-state index contributed by atoms with van der Waals surface area (Å²) in [4.78, 5) is 16.4. The van der Waals surface area contributed by atoms with Crippen molar-refractivity contribution in [2.75, 3.05) is 0 Å². The predicted octanol–water partition coefficient (Wildman–Crippen LogP) is 2.57. The Morgan fingerprint density at radius 2 is 2.05 bits per heavy atom. The van der Waals surface area contributed by atoms with Crippen LogP contribution in [-0.4, -0.2) is 15.5 Å². The molecule has 5 heteroatoms. The first-order valence-electron chi connectivity index (χ1n) is 7.05. The standard InChI is InChI=1S/C17H16FN3O/c1-21-15-8-3-2-7-14(15)20-16(21)11-19-17(22)10-12-5-4-6-13(18)9-12/h2-9H,10-11H2,1H3,(H,19,22). The smallest absolute Gasteiger partial charge is 0.224 e. The highest BCUT2D eigenvalue weighted by atomic mass is 19.1. The Morgan fingerprint density at radius 3 is 2.82 bits per heavy atom. The molecule has 1 amide bonds. The Labute approximate surface area is 127 Å². The van der Waals surface area contributed by atoms with E-state index in [1.54, 1.807) is 12.1 Å². The molecule has 0 bridgehead atoms. The van der Waals surface area contributed by atoms with Crippen molar-refractivity contribution in [2.24, 2.45) is 7.05 Å². The molecule has 2 aromatic carbocycles. The summed E-state index contributed by atoms with van der Waals surface area (Å²) in [5, 5.41) is 2.82. The van der Waals surface area contributed by atoms with E-state index in [-0.39, 0.29) is 18.1 Å². The van der Waals surface area contributed by atoms with Crippen molar-refractivity contribution in [3.63, 3.8) is 0 Å². The van der Waals surface area contributed by atoms with E-state index in [0.717, 1.165) is 16.9 Å². The molecule has 1 N–H and O–H groups in total. The largest absolute Gasteiger partial charge is 0.349 e. The first-order valence-corrected chi connectivity index (χ1v) is 7.05. The maximum atomic E-state index is 13.1. The minimum atomic E-state index is -0.333. The number of rotatable bonds is 4. The number of para-hydroxylation sites is 2. The van der Waals surface area contributed by atoms with Crippen LogP contribution in [0.2, 0.25) is 0 Å². The van der Waals surface area contributed by atoms with Crippen LogP contribution in [0.5, 0.6) is 0 Å². The minimum absolute atomic E-state index is 0.154. The summed E-state index contributed by atoms with van der Waals surface area (Å²) >= 11 is 0. The number of hydrogen-bond acceptors (Lipinski definition) is 2. The lowest BCUT2D eigenvalue weighted by Gasteiger charge is -2.06. The molecular formula is C17H16FN3O. The van der Waals surface area contributed by atoms with Crippen LogP contribution in [-0.2, 0) is 24.8 Å². The van der Waals surface area contributed by atoms with Crippen LogP contribution in [0, 0.1) is 5.82 Å². The second kappa shape index (κ2) is 5.97. The van der Waals surface area contributed by atoms with Crippen LogP contribution in [0.15, 0.2) is 48.5 Å². The lowest BCUT2D eigenvalue weighted by Crippen LogP contribution is -2.26. The Kier molecular flexibility index (Phi) is 3.87. The summed E-state index contributed by atoms with van der Waals surface area (Å²) in [6, 6.07) is 13.9. The van der Waals surface area contributed by atoms with Gasteiger partial charge >= 0.3 is 0 Å². The van der Waals surface area contributed by atoms with E-state index >= 15 is 0 Å². The number of nitrogens with one attached hydrogen (secondary N) is 1. The van der Waals surface area contributed by atoms with E-state index in [1.807, 2.05) is 35.9 Å². The van der Waals surface area contributed by atoms with E-state index in [1.165, 1.54) is 12.1 Å². The summed E-state index contributed by atoms with van der Waals surface area (Å²) in [5.74, 6) is 0.298. The van der Waals surface area contributed by atoms with E-state index in [0.29, 0.717) is 12.1 Å². The number of aromatic nitrogens is 2. The Balaban J connectivity index is 1.66. The number of imidazole rings is 1. The molecule has 0 radical (unpaired) electrons. The maximum Gasteiger partial charge on any atom is 0.224 e. The van der Waals surface area contributed by atoms with Crippen molar-refractivity contribution in [1.82, 2.24) is 14.9 Å². The molecule has 0 saturated carbocycles. The number of halogens is 1. The van der Waals surface area contributed by atoms with Gasteiger partial charge in [-0.2, -0.15) is 0 Å². The highest BCUT2D eigenvalue weighted by molar-refractivity contribution is 5.79. The Morgan fingerprint density at radius 1 is 1.23 bits per heavy atom. The average Bonchev–Trinajstić information content (AvgIpc) is 2.82. The molecule has 0 aliphatic heterocycles. The quantitative estimate of drug-likeness (QED) is 0.804. The normalized spacial score (nSPS) is 10.8. The predicted molar refractivity (Wildman–Crippen MR) is 82.7 cm³/mol. The lowest BCUT2D eigenvalue weighted by atomic mass is 10.1. The summed E-state index contributed by atoms with van der Waals surface area (Å²) in [6.07, 6.45) is 0.154. The molecule has 112 valence electrons. The first-order chi connectivity index (χ1) is 10.6. The van der Waals surface area contributed by atoms with E-state index in [9.17, 15) is 9.18 Å². The molecule has 0 aliphatic carbocycles. The third-order valence-corrected chi connectivity index (χ3v) is 3.58. The number of carbonyl (C=O) groups excluding carboxylic acids is 1. The van der Waals surface area contributed by atoms with Crippen LogP contribution in [0.1, 0.15) is 11.4 Å². The zero-order valence-electron chi connectivity index (χ0n) is 12.2. The fourth-order valence-corrected chi connectivity index (χ4v) is 2.43. The number of amides is 1. The molecule has 0 spiro atoms. The van der Waals surface area contributed by atoms with Gasteiger partial charge in [0, 0.05) is 7.05 Å². The SMILES string of the molecule is Cn1c(CNC(=O)Cc2cccc(F)c2)nc2ccccc21.